The van der Waals surface area contributed by atoms with Gasteiger partial charge in [-0.3, -0.25) is 4.79 Å². The molecule has 0 bridgehead atoms. The van der Waals surface area contributed by atoms with Crippen molar-refractivity contribution >= 4 is 17.5 Å². The van der Waals surface area contributed by atoms with Crippen molar-refractivity contribution in [3.8, 4) is 5.88 Å². The standard InChI is InChI=1S/C13H21N3O3/c1-9(2)8-19-13-10(14)4-5-11(16-13)15-7-6-12(17)18-3/h4-5,9H,6-8,14H2,1-3H3,(H,15,16). The molecule has 0 aliphatic heterocycles. The molecule has 0 spiro atoms. The maximum absolute atomic E-state index is 11.0. The van der Waals surface area contributed by atoms with Gasteiger partial charge in [-0.15, -0.1) is 0 Å². The number of carbonyl (C=O) groups excluding carboxylic acids is 1. The molecule has 0 aliphatic carbocycles. The fourth-order valence-corrected chi connectivity index (χ4v) is 1.31. The molecule has 0 fully saturated rings. The van der Waals surface area contributed by atoms with Crippen molar-refractivity contribution in [2.24, 2.45) is 5.92 Å². The summed E-state index contributed by atoms with van der Waals surface area (Å²) in [5.74, 6) is 1.17. The number of carbonyl (C=O) groups is 1. The summed E-state index contributed by atoms with van der Waals surface area (Å²) in [6.07, 6.45) is 0.282. The Morgan fingerprint density at radius 3 is 2.84 bits per heavy atom. The molecular weight excluding hydrogens is 246 g/mol. The van der Waals surface area contributed by atoms with E-state index in [1.165, 1.54) is 7.11 Å². The van der Waals surface area contributed by atoms with E-state index < -0.39 is 0 Å². The maximum atomic E-state index is 11.0. The van der Waals surface area contributed by atoms with Gasteiger partial charge in [-0.25, -0.2) is 0 Å². The number of nitrogens with one attached hydrogen (secondary N) is 1. The van der Waals surface area contributed by atoms with Crippen molar-refractivity contribution in [3.63, 3.8) is 0 Å². The van der Waals surface area contributed by atoms with Crippen LogP contribution in [0, 0.1) is 5.92 Å². The molecule has 1 aromatic rings. The van der Waals surface area contributed by atoms with E-state index in [4.69, 9.17) is 10.5 Å². The van der Waals surface area contributed by atoms with Gasteiger partial charge in [0.2, 0.25) is 5.88 Å². The van der Waals surface area contributed by atoms with Gasteiger partial charge in [0.1, 0.15) is 5.82 Å². The second-order valence-electron chi connectivity index (χ2n) is 4.55. The van der Waals surface area contributed by atoms with E-state index in [2.05, 4.69) is 28.9 Å². The zero-order valence-electron chi connectivity index (χ0n) is 11.6. The Bertz CT molecular complexity index is 422. The summed E-state index contributed by atoms with van der Waals surface area (Å²) in [6.45, 7) is 5.11. The number of pyridine rings is 1. The highest BCUT2D eigenvalue weighted by atomic mass is 16.5. The highest BCUT2D eigenvalue weighted by Crippen LogP contribution is 2.21. The number of methoxy groups -OCH3 is 1. The largest absolute Gasteiger partial charge is 0.476 e. The predicted molar refractivity (Wildman–Crippen MR) is 74.1 cm³/mol. The molecule has 1 rings (SSSR count). The third kappa shape index (κ3) is 5.46. The number of nitrogens with two attached hydrogens (primary N) is 1. The average Bonchev–Trinajstić information content (AvgIpc) is 2.38. The molecule has 0 unspecified atom stereocenters. The highest BCUT2D eigenvalue weighted by Gasteiger charge is 2.06. The Labute approximate surface area is 113 Å². The lowest BCUT2D eigenvalue weighted by Gasteiger charge is -2.12. The van der Waals surface area contributed by atoms with Crippen LogP contribution in [-0.2, 0) is 9.53 Å². The van der Waals surface area contributed by atoms with Crippen LogP contribution in [0.1, 0.15) is 20.3 Å². The van der Waals surface area contributed by atoms with Gasteiger partial charge in [0.25, 0.3) is 0 Å². The fraction of sp³-hybridized carbons (Fsp3) is 0.538. The van der Waals surface area contributed by atoms with Crippen LogP contribution in [-0.4, -0.2) is 31.2 Å². The van der Waals surface area contributed by atoms with Gasteiger partial charge >= 0.3 is 5.97 Å². The van der Waals surface area contributed by atoms with Crippen LogP contribution < -0.4 is 15.8 Å². The lowest BCUT2D eigenvalue weighted by molar-refractivity contribution is -0.140. The third-order valence-corrected chi connectivity index (χ3v) is 2.31. The normalized spacial score (nSPS) is 10.3. The first-order chi connectivity index (χ1) is 9.02. The SMILES string of the molecule is COC(=O)CCNc1ccc(N)c(OCC(C)C)n1. The minimum atomic E-state index is -0.265. The van der Waals surface area contributed by atoms with Gasteiger partial charge in [0.05, 0.1) is 25.8 Å². The summed E-state index contributed by atoms with van der Waals surface area (Å²) in [7, 11) is 1.36. The van der Waals surface area contributed by atoms with Gasteiger partial charge in [0, 0.05) is 6.54 Å². The summed E-state index contributed by atoms with van der Waals surface area (Å²) < 4.78 is 10.1. The van der Waals surface area contributed by atoms with Crippen LogP contribution in [0.5, 0.6) is 5.88 Å². The average molecular weight is 267 g/mol. The Kier molecular flexibility index (Phi) is 5.92. The molecule has 0 atom stereocenters. The van der Waals surface area contributed by atoms with E-state index >= 15 is 0 Å². The quantitative estimate of drug-likeness (QED) is 0.731. The second-order valence-corrected chi connectivity index (χ2v) is 4.55. The summed E-state index contributed by atoms with van der Waals surface area (Å²) in [5, 5.41) is 3.02. The van der Waals surface area contributed by atoms with Crippen LogP contribution >= 0.6 is 0 Å². The molecule has 0 aromatic carbocycles. The molecule has 0 radical (unpaired) electrons. The summed E-state index contributed by atoms with van der Waals surface area (Å²) in [4.78, 5) is 15.2. The highest BCUT2D eigenvalue weighted by molar-refractivity contribution is 5.69. The number of anilines is 2. The van der Waals surface area contributed by atoms with Crippen LogP contribution in [0.3, 0.4) is 0 Å². The fourth-order valence-electron chi connectivity index (χ4n) is 1.31. The van der Waals surface area contributed by atoms with Crippen molar-refractivity contribution in [2.75, 3.05) is 31.3 Å². The number of esters is 1. The molecule has 19 heavy (non-hydrogen) atoms. The first-order valence-electron chi connectivity index (χ1n) is 6.23. The van der Waals surface area contributed by atoms with Gasteiger partial charge in [-0.2, -0.15) is 4.98 Å². The molecule has 0 amide bonds. The molecule has 1 heterocycles. The number of aromatic nitrogens is 1. The van der Waals surface area contributed by atoms with Crippen LogP contribution in [0.4, 0.5) is 11.5 Å². The van der Waals surface area contributed by atoms with Crippen molar-refractivity contribution < 1.29 is 14.3 Å². The lowest BCUT2D eigenvalue weighted by atomic mass is 10.2. The smallest absolute Gasteiger partial charge is 0.307 e. The van der Waals surface area contributed by atoms with Crippen LogP contribution in [0.25, 0.3) is 0 Å². The first-order valence-corrected chi connectivity index (χ1v) is 6.23. The molecule has 106 valence electrons. The maximum Gasteiger partial charge on any atom is 0.307 e. The molecule has 0 aliphatic rings. The van der Waals surface area contributed by atoms with E-state index in [1.54, 1.807) is 12.1 Å². The lowest BCUT2D eigenvalue weighted by Crippen LogP contribution is -2.12. The number of ether oxygens (including phenoxy) is 2. The summed E-state index contributed by atoms with van der Waals surface area (Å²) in [5.41, 5.74) is 6.28. The number of nitrogens with zero attached hydrogens (tertiary/aromatic N) is 1. The van der Waals surface area contributed by atoms with Crippen molar-refractivity contribution in [3.05, 3.63) is 12.1 Å². The van der Waals surface area contributed by atoms with Crippen molar-refractivity contribution in [2.45, 2.75) is 20.3 Å². The van der Waals surface area contributed by atoms with Crippen molar-refractivity contribution in [1.82, 2.24) is 4.98 Å². The van der Waals surface area contributed by atoms with Gasteiger partial charge in [-0.1, -0.05) is 13.8 Å². The van der Waals surface area contributed by atoms with E-state index in [-0.39, 0.29) is 12.4 Å². The number of rotatable bonds is 7. The Hall–Kier alpha value is -1.98. The molecule has 6 heteroatoms. The van der Waals surface area contributed by atoms with E-state index in [1.807, 2.05) is 0 Å². The third-order valence-electron chi connectivity index (χ3n) is 2.31. The minimum Gasteiger partial charge on any atom is -0.476 e. The number of hydrogen-bond acceptors (Lipinski definition) is 6. The second kappa shape index (κ2) is 7.45. The van der Waals surface area contributed by atoms with E-state index in [9.17, 15) is 4.79 Å². The van der Waals surface area contributed by atoms with Gasteiger partial charge < -0.3 is 20.5 Å². The monoisotopic (exact) mass is 267 g/mol. The van der Waals surface area contributed by atoms with Crippen LogP contribution in [0.15, 0.2) is 12.1 Å². The summed E-state index contributed by atoms with van der Waals surface area (Å²) >= 11 is 0. The first kappa shape index (κ1) is 15.1. The van der Waals surface area contributed by atoms with E-state index in [0.29, 0.717) is 36.5 Å². The molecule has 3 N–H and O–H groups in total. The van der Waals surface area contributed by atoms with Gasteiger partial charge in [-0.05, 0) is 18.1 Å². The minimum absolute atomic E-state index is 0.265. The number of nitrogen functional groups attached to an aromatic ring is 1. The molecule has 0 saturated heterocycles. The van der Waals surface area contributed by atoms with E-state index in [0.717, 1.165) is 0 Å². The topological polar surface area (TPSA) is 86.5 Å². The predicted octanol–water partition coefficient (Wildman–Crippen LogP) is 1.67. The van der Waals surface area contributed by atoms with Gasteiger partial charge in [0.15, 0.2) is 0 Å². The molecule has 6 nitrogen and oxygen atoms in total. The summed E-state index contributed by atoms with van der Waals surface area (Å²) in [6, 6.07) is 3.47. The molecule has 1 aromatic heterocycles. The molecule has 0 saturated carbocycles. The number of hydrogen-bond donors (Lipinski definition) is 2. The van der Waals surface area contributed by atoms with Crippen LogP contribution in [0.2, 0.25) is 0 Å². The zero-order chi connectivity index (χ0) is 14.3. The zero-order valence-corrected chi connectivity index (χ0v) is 11.6. The Morgan fingerprint density at radius 2 is 2.21 bits per heavy atom. The van der Waals surface area contributed by atoms with Crippen molar-refractivity contribution in [1.29, 1.82) is 0 Å². The molecular formula is C13H21N3O3. The Balaban J connectivity index is 2.55. The Morgan fingerprint density at radius 1 is 1.47 bits per heavy atom.